The lowest BCUT2D eigenvalue weighted by molar-refractivity contribution is 0.102. The Morgan fingerprint density at radius 3 is 2.85 bits per heavy atom. The van der Waals surface area contributed by atoms with Gasteiger partial charge in [-0.25, -0.2) is 4.98 Å². The summed E-state index contributed by atoms with van der Waals surface area (Å²) < 4.78 is 0. The van der Waals surface area contributed by atoms with Gasteiger partial charge in [0.25, 0.3) is 5.91 Å². The first-order valence-corrected chi connectivity index (χ1v) is 6.01. The maximum Gasteiger partial charge on any atom is 0.274 e. The topological polar surface area (TPSA) is 81.6 Å². The van der Waals surface area contributed by atoms with E-state index in [0.29, 0.717) is 11.3 Å². The monoisotopic (exact) mass is 262 g/mol. The van der Waals surface area contributed by atoms with Crippen molar-refractivity contribution in [1.82, 2.24) is 9.97 Å². The molecule has 0 aliphatic carbocycles. The number of fused-ring (bicyclic) bond motifs is 1. The molecule has 0 atom stereocenters. The first kappa shape index (κ1) is 11.9. The van der Waals surface area contributed by atoms with Gasteiger partial charge >= 0.3 is 0 Å². The molecule has 0 aliphatic rings. The van der Waals surface area contributed by atoms with Crippen LogP contribution >= 0.6 is 0 Å². The smallest absolute Gasteiger partial charge is 0.274 e. The number of nitriles is 1. The molecule has 5 heteroatoms. The fraction of sp³-hybridized carbons (Fsp3) is 0. The molecule has 0 radical (unpaired) electrons. The van der Waals surface area contributed by atoms with Crippen molar-refractivity contribution < 1.29 is 4.79 Å². The van der Waals surface area contributed by atoms with Gasteiger partial charge in [0.1, 0.15) is 11.8 Å². The van der Waals surface area contributed by atoms with Gasteiger partial charge in [-0.1, -0.05) is 18.2 Å². The highest BCUT2D eigenvalue weighted by atomic mass is 16.1. The zero-order valence-electron chi connectivity index (χ0n) is 10.4. The molecule has 2 N–H and O–H groups in total. The number of pyridine rings is 1. The van der Waals surface area contributed by atoms with Crippen LogP contribution in [0.25, 0.3) is 10.9 Å². The molecule has 2 aromatic heterocycles. The van der Waals surface area contributed by atoms with E-state index in [4.69, 9.17) is 5.26 Å². The Morgan fingerprint density at radius 2 is 2.10 bits per heavy atom. The Kier molecular flexibility index (Phi) is 2.90. The second-order valence-electron chi connectivity index (χ2n) is 4.25. The summed E-state index contributed by atoms with van der Waals surface area (Å²) in [7, 11) is 0. The highest BCUT2D eigenvalue weighted by molar-refractivity contribution is 6.08. The van der Waals surface area contributed by atoms with Crippen LogP contribution in [0.4, 0.5) is 5.69 Å². The molecule has 3 aromatic rings. The third-order valence-electron chi connectivity index (χ3n) is 2.96. The zero-order valence-corrected chi connectivity index (χ0v) is 10.4. The van der Waals surface area contributed by atoms with Crippen molar-refractivity contribution in [2.24, 2.45) is 0 Å². The van der Waals surface area contributed by atoms with E-state index in [1.807, 2.05) is 30.3 Å². The van der Waals surface area contributed by atoms with Gasteiger partial charge in [-0.15, -0.1) is 0 Å². The molecule has 0 fully saturated rings. The molecule has 96 valence electrons. The molecule has 0 saturated heterocycles. The predicted octanol–water partition coefficient (Wildman–Crippen LogP) is 2.69. The number of aromatic nitrogens is 2. The van der Waals surface area contributed by atoms with Gasteiger partial charge in [0.2, 0.25) is 0 Å². The van der Waals surface area contributed by atoms with Crippen molar-refractivity contribution in [2.45, 2.75) is 0 Å². The normalized spacial score (nSPS) is 10.2. The number of benzene rings is 1. The quantitative estimate of drug-likeness (QED) is 0.745. The van der Waals surface area contributed by atoms with Gasteiger partial charge in [-0.05, 0) is 18.2 Å². The number of H-pyrrole nitrogens is 1. The van der Waals surface area contributed by atoms with Crippen molar-refractivity contribution in [2.75, 3.05) is 5.32 Å². The maximum absolute atomic E-state index is 12.1. The summed E-state index contributed by atoms with van der Waals surface area (Å²) in [5.41, 5.74) is 2.36. The van der Waals surface area contributed by atoms with Crippen LogP contribution in [-0.2, 0) is 0 Å². The van der Waals surface area contributed by atoms with Crippen LogP contribution in [-0.4, -0.2) is 15.9 Å². The highest BCUT2D eigenvalue weighted by Crippen LogP contribution is 2.22. The first-order valence-electron chi connectivity index (χ1n) is 6.01. The van der Waals surface area contributed by atoms with Gasteiger partial charge in [-0.3, -0.25) is 4.79 Å². The number of hydrogen-bond donors (Lipinski definition) is 2. The Labute approximate surface area is 114 Å². The summed E-state index contributed by atoms with van der Waals surface area (Å²) in [6, 6.07) is 12.8. The summed E-state index contributed by atoms with van der Waals surface area (Å²) >= 11 is 0. The van der Waals surface area contributed by atoms with Crippen LogP contribution < -0.4 is 5.32 Å². The van der Waals surface area contributed by atoms with E-state index < -0.39 is 0 Å². The van der Waals surface area contributed by atoms with Crippen molar-refractivity contribution in [3.63, 3.8) is 0 Å². The number of aromatic amines is 1. The molecule has 0 bridgehead atoms. The fourth-order valence-electron chi connectivity index (χ4n) is 1.96. The number of nitrogens with one attached hydrogen (secondary N) is 2. The van der Waals surface area contributed by atoms with Gasteiger partial charge in [0.05, 0.1) is 11.3 Å². The predicted molar refractivity (Wildman–Crippen MR) is 75.2 cm³/mol. The minimum atomic E-state index is -0.306. The average molecular weight is 262 g/mol. The average Bonchev–Trinajstić information content (AvgIpc) is 2.91. The molecule has 0 unspecified atom stereocenters. The molecule has 0 spiro atoms. The van der Waals surface area contributed by atoms with E-state index in [9.17, 15) is 4.79 Å². The van der Waals surface area contributed by atoms with E-state index in [1.54, 1.807) is 12.3 Å². The van der Waals surface area contributed by atoms with Crippen molar-refractivity contribution in [3.8, 4) is 6.07 Å². The van der Waals surface area contributed by atoms with Gasteiger partial charge in [-0.2, -0.15) is 5.26 Å². The van der Waals surface area contributed by atoms with Crippen LogP contribution in [0.2, 0.25) is 0 Å². The summed E-state index contributed by atoms with van der Waals surface area (Å²) in [5.74, 6) is -0.306. The van der Waals surface area contributed by atoms with Gasteiger partial charge in [0.15, 0.2) is 0 Å². The SMILES string of the molecule is N#Cc1ccc(C(=O)Nc2c[nH]c3ccccc23)nc1. The minimum absolute atomic E-state index is 0.272. The van der Waals surface area contributed by atoms with E-state index in [2.05, 4.69) is 15.3 Å². The fourth-order valence-corrected chi connectivity index (χ4v) is 1.96. The maximum atomic E-state index is 12.1. The standard InChI is InChI=1S/C15H10N4O/c16-7-10-5-6-13(17-8-10)15(20)19-14-9-18-12-4-2-1-3-11(12)14/h1-6,8-9,18H,(H,19,20). The summed E-state index contributed by atoms with van der Waals surface area (Å²) in [4.78, 5) is 19.1. The minimum Gasteiger partial charge on any atom is -0.359 e. The van der Waals surface area contributed by atoms with E-state index >= 15 is 0 Å². The molecule has 5 nitrogen and oxygen atoms in total. The molecule has 0 aliphatic heterocycles. The molecular weight excluding hydrogens is 252 g/mol. The second-order valence-corrected chi connectivity index (χ2v) is 4.25. The third kappa shape index (κ3) is 2.10. The lowest BCUT2D eigenvalue weighted by Gasteiger charge is -2.03. The zero-order chi connectivity index (χ0) is 13.9. The van der Waals surface area contributed by atoms with E-state index in [-0.39, 0.29) is 11.6 Å². The van der Waals surface area contributed by atoms with Crippen LogP contribution in [0, 0.1) is 11.3 Å². The number of rotatable bonds is 2. The Hall–Kier alpha value is -3.13. The number of para-hydroxylation sites is 1. The number of carbonyl (C=O) groups is 1. The molecular formula is C15H10N4O. The van der Waals surface area contributed by atoms with E-state index in [1.165, 1.54) is 12.3 Å². The summed E-state index contributed by atoms with van der Waals surface area (Å²) in [5, 5.41) is 12.4. The Balaban J connectivity index is 1.87. The third-order valence-corrected chi connectivity index (χ3v) is 2.96. The Morgan fingerprint density at radius 1 is 1.25 bits per heavy atom. The van der Waals surface area contributed by atoms with Gasteiger partial charge < -0.3 is 10.3 Å². The highest BCUT2D eigenvalue weighted by Gasteiger charge is 2.10. The largest absolute Gasteiger partial charge is 0.359 e. The van der Waals surface area contributed by atoms with Crippen LogP contribution in [0.5, 0.6) is 0 Å². The number of anilines is 1. The van der Waals surface area contributed by atoms with Crippen LogP contribution in [0.1, 0.15) is 16.1 Å². The molecule has 1 amide bonds. The van der Waals surface area contributed by atoms with Crippen molar-refractivity contribution >= 4 is 22.5 Å². The molecule has 0 saturated carbocycles. The number of amides is 1. The second kappa shape index (κ2) is 4.86. The lowest BCUT2D eigenvalue weighted by atomic mass is 10.2. The van der Waals surface area contributed by atoms with Gasteiger partial charge in [0, 0.05) is 23.3 Å². The summed E-state index contributed by atoms with van der Waals surface area (Å²) in [6.45, 7) is 0. The number of nitrogens with zero attached hydrogens (tertiary/aromatic N) is 2. The molecule has 3 rings (SSSR count). The van der Waals surface area contributed by atoms with Crippen LogP contribution in [0.15, 0.2) is 48.8 Å². The number of hydrogen-bond acceptors (Lipinski definition) is 3. The first-order chi connectivity index (χ1) is 9.78. The molecule has 20 heavy (non-hydrogen) atoms. The lowest BCUT2D eigenvalue weighted by Crippen LogP contribution is -2.13. The van der Waals surface area contributed by atoms with Crippen molar-refractivity contribution in [1.29, 1.82) is 5.26 Å². The van der Waals surface area contributed by atoms with E-state index in [0.717, 1.165) is 10.9 Å². The Bertz CT molecular complexity index is 812. The molecule has 1 aromatic carbocycles. The summed E-state index contributed by atoms with van der Waals surface area (Å²) in [6.07, 6.45) is 3.12. The van der Waals surface area contributed by atoms with Crippen molar-refractivity contribution in [3.05, 3.63) is 60.0 Å². The molecule has 2 heterocycles. The van der Waals surface area contributed by atoms with Crippen LogP contribution in [0.3, 0.4) is 0 Å². The number of carbonyl (C=O) groups excluding carboxylic acids is 1.